The van der Waals surface area contributed by atoms with Crippen molar-refractivity contribution >= 4 is 5.95 Å². The SMILES string of the molecule is CCCOc1nc(NC)nc(-n2cc(C)cn2)n1. The summed E-state index contributed by atoms with van der Waals surface area (Å²) in [7, 11) is 1.75. The van der Waals surface area contributed by atoms with Crippen LogP contribution in [0.3, 0.4) is 0 Å². The Labute approximate surface area is 105 Å². The zero-order valence-electron chi connectivity index (χ0n) is 10.7. The van der Waals surface area contributed by atoms with Crippen molar-refractivity contribution in [3.8, 4) is 12.0 Å². The van der Waals surface area contributed by atoms with Crippen molar-refractivity contribution in [3.63, 3.8) is 0 Å². The van der Waals surface area contributed by atoms with Gasteiger partial charge in [0.15, 0.2) is 0 Å². The lowest BCUT2D eigenvalue weighted by Gasteiger charge is -2.06. The molecule has 0 aliphatic heterocycles. The first-order valence-corrected chi connectivity index (χ1v) is 5.81. The Morgan fingerprint density at radius 2 is 2.17 bits per heavy atom. The van der Waals surface area contributed by atoms with Crippen LogP contribution in [0.15, 0.2) is 12.4 Å². The van der Waals surface area contributed by atoms with Gasteiger partial charge >= 0.3 is 6.01 Å². The first kappa shape index (κ1) is 12.3. The van der Waals surface area contributed by atoms with Gasteiger partial charge in [0.1, 0.15) is 0 Å². The Morgan fingerprint density at radius 3 is 2.78 bits per heavy atom. The molecule has 0 unspecified atom stereocenters. The van der Waals surface area contributed by atoms with Gasteiger partial charge in [-0.1, -0.05) is 6.92 Å². The standard InChI is InChI=1S/C11H16N6O/c1-4-5-18-11-15-9(12-3)14-10(16-11)17-7-8(2)6-13-17/h6-7H,4-5H2,1-3H3,(H,12,14,15,16). The van der Waals surface area contributed by atoms with Gasteiger partial charge in [0.05, 0.1) is 12.8 Å². The fourth-order valence-electron chi connectivity index (χ4n) is 1.34. The molecule has 0 radical (unpaired) electrons. The summed E-state index contributed by atoms with van der Waals surface area (Å²) in [5, 5.41) is 7.04. The predicted molar refractivity (Wildman–Crippen MR) is 67.0 cm³/mol. The molecule has 0 saturated carbocycles. The van der Waals surface area contributed by atoms with Gasteiger partial charge in [-0.15, -0.1) is 0 Å². The van der Waals surface area contributed by atoms with Crippen LogP contribution >= 0.6 is 0 Å². The fraction of sp³-hybridized carbons (Fsp3) is 0.455. The molecule has 0 aliphatic rings. The fourth-order valence-corrected chi connectivity index (χ4v) is 1.34. The van der Waals surface area contributed by atoms with Crippen LogP contribution in [0.2, 0.25) is 0 Å². The summed E-state index contributed by atoms with van der Waals surface area (Å²) in [4.78, 5) is 12.6. The average molecular weight is 248 g/mol. The second-order valence-electron chi connectivity index (χ2n) is 3.80. The molecule has 0 bridgehead atoms. The molecule has 0 amide bonds. The minimum atomic E-state index is 0.305. The molecule has 2 aromatic rings. The van der Waals surface area contributed by atoms with E-state index in [1.165, 1.54) is 0 Å². The van der Waals surface area contributed by atoms with Gasteiger partial charge in [-0.05, 0) is 18.9 Å². The van der Waals surface area contributed by atoms with E-state index >= 15 is 0 Å². The number of hydrogen-bond donors (Lipinski definition) is 1. The molecule has 0 saturated heterocycles. The third kappa shape index (κ3) is 2.73. The van der Waals surface area contributed by atoms with Gasteiger partial charge < -0.3 is 10.1 Å². The molecule has 0 atom stereocenters. The lowest BCUT2D eigenvalue weighted by molar-refractivity contribution is 0.291. The molecule has 7 nitrogen and oxygen atoms in total. The van der Waals surface area contributed by atoms with E-state index in [4.69, 9.17) is 4.74 Å². The van der Waals surface area contributed by atoms with Crippen LogP contribution in [-0.2, 0) is 0 Å². The summed E-state index contributed by atoms with van der Waals surface area (Å²) >= 11 is 0. The molecule has 0 spiro atoms. The lowest BCUT2D eigenvalue weighted by atomic mass is 10.4. The molecule has 2 rings (SSSR count). The van der Waals surface area contributed by atoms with Crippen molar-refractivity contribution in [2.24, 2.45) is 0 Å². The summed E-state index contributed by atoms with van der Waals surface area (Å²) in [6.45, 7) is 4.56. The molecule has 18 heavy (non-hydrogen) atoms. The number of nitrogens with zero attached hydrogens (tertiary/aromatic N) is 5. The van der Waals surface area contributed by atoms with Crippen LogP contribution in [0, 0.1) is 6.92 Å². The highest BCUT2D eigenvalue weighted by atomic mass is 16.5. The minimum absolute atomic E-state index is 0.305. The number of nitrogens with one attached hydrogen (secondary N) is 1. The smallest absolute Gasteiger partial charge is 0.323 e. The Balaban J connectivity index is 2.34. The first-order chi connectivity index (χ1) is 8.72. The maximum atomic E-state index is 5.42. The van der Waals surface area contributed by atoms with Gasteiger partial charge in [-0.2, -0.15) is 20.1 Å². The van der Waals surface area contributed by atoms with Gasteiger partial charge in [0.25, 0.3) is 5.95 Å². The van der Waals surface area contributed by atoms with E-state index in [-0.39, 0.29) is 0 Å². The van der Waals surface area contributed by atoms with Crippen LogP contribution in [0.25, 0.3) is 5.95 Å². The van der Waals surface area contributed by atoms with E-state index in [0.29, 0.717) is 24.5 Å². The van der Waals surface area contributed by atoms with E-state index in [2.05, 4.69) is 25.4 Å². The third-order valence-corrected chi connectivity index (χ3v) is 2.18. The molecule has 0 fully saturated rings. The van der Waals surface area contributed by atoms with E-state index in [0.717, 1.165) is 12.0 Å². The number of aromatic nitrogens is 5. The topological polar surface area (TPSA) is 77.8 Å². The Hall–Kier alpha value is -2.18. The summed E-state index contributed by atoms with van der Waals surface area (Å²) in [5.41, 5.74) is 1.04. The van der Waals surface area contributed by atoms with Crippen molar-refractivity contribution < 1.29 is 4.74 Å². The quantitative estimate of drug-likeness (QED) is 0.856. The van der Waals surface area contributed by atoms with Crippen LogP contribution in [0.1, 0.15) is 18.9 Å². The van der Waals surface area contributed by atoms with Gasteiger partial charge in [-0.3, -0.25) is 0 Å². The summed E-state index contributed by atoms with van der Waals surface area (Å²) in [6.07, 6.45) is 4.49. The van der Waals surface area contributed by atoms with Crippen LogP contribution < -0.4 is 10.1 Å². The highest BCUT2D eigenvalue weighted by molar-refractivity contribution is 5.29. The number of anilines is 1. The summed E-state index contributed by atoms with van der Waals surface area (Å²) in [6, 6.07) is 0.305. The Bertz CT molecular complexity index is 524. The van der Waals surface area contributed by atoms with Gasteiger partial charge in [-0.25, -0.2) is 4.68 Å². The molecule has 2 aromatic heterocycles. The predicted octanol–water partition coefficient (Wildman–Crippen LogP) is 1.20. The third-order valence-electron chi connectivity index (χ3n) is 2.18. The minimum Gasteiger partial charge on any atom is -0.463 e. The van der Waals surface area contributed by atoms with Crippen LogP contribution in [0.4, 0.5) is 5.95 Å². The number of hydrogen-bond acceptors (Lipinski definition) is 6. The summed E-state index contributed by atoms with van der Waals surface area (Å²) < 4.78 is 7.02. The first-order valence-electron chi connectivity index (χ1n) is 5.81. The van der Waals surface area contributed by atoms with E-state index < -0.39 is 0 Å². The van der Waals surface area contributed by atoms with Crippen molar-refractivity contribution in [1.29, 1.82) is 0 Å². The second kappa shape index (κ2) is 5.44. The number of rotatable bonds is 5. The van der Waals surface area contributed by atoms with Crippen molar-refractivity contribution in [2.45, 2.75) is 20.3 Å². The molecule has 2 heterocycles. The number of aryl methyl sites for hydroxylation is 1. The highest BCUT2D eigenvalue weighted by Crippen LogP contribution is 2.11. The molecule has 96 valence electrons. The van der Waals surface area contributed by atoms with E-state index in [1.807, 2.05) is 20.0 Å². The molecule has 7 heteroatoms. The Morgan fingerprint density at radius 1 is 1.33 bits per heavy atom. The largest absolute Gasteiger partial charge is 0.463 e. The zero-order chi connectivity index (χ0) is 13.0. The normalized spacial score (nSPS) is 10.4. The molecule has 1 N–H and O–H groups in total. The maximum absolute atomic E-state index is 5.42. The van der Waals surface area contributed by atoms with Crippen molar-refractivity contribution in [2.75, 3.05) is 19.0 Å². The van der Waals surface area contributed by atoms with E-state index in [9.17, 15) is 0 Å². The summed E-state index contributed by atoms with van der Waals surface area (Å²) in [5.74, 6) is 0.896. The highest BCUT2D eigenvalue weighted by Gasteiger charge is 2.09. The molecule has 0 aliphatic carbocycles. The Kier molecular flexibility index (Phi) is 3.71. The molecular weight excluding hydrogens is 232 g/mol. The molecular formula is C11H16N6O. The van der Waals surface area contributed by atoms with Gasteiger partial charge in [0, 0.05) is 13.2 Å². The van der Waals surface area contributed by atoms with Crippen molar-refractivity contribution in [1.82, 2.24) is 24.7 Å². The van der Waals surface area contributed by atoms with Crippen LogP contribution in [-0.4, -0.2) is 38.4 Å². The second-order valence-corrected chi connectivity index (χ2v) is 3.80. The van der Waals surface area contributed by atoms with Crippen molar-refractivity contribution in [3.05, 3.63) is 18.0 Å². The number of ether oxygens (including phenoxy) is 1. The lowest BCUT2D eigenvalue weighted by Crippen LogP contribution is -2.09. The monoisotopic (exact) mass is 248 g/mol. The molecule has 0 aromatic carbocycles. The van der Waals surface area contributed by atoms with Crippen LogP contribution in [0.5, 0.6) is 6.01 Å². The van der Waals surface area contributed by atoms with E-state index in [1.54, 1.807) is 17.9 Å². The van der Waals surface area contributed by atoms with Gasteiger partial charge in [0.2, 0.25) is 5.95 Å². The zero-order valence-corrected chi connectivity index (χ0v) is 10.7. The maximum Gasteiger partial charge on any atom is 0.323 e. The average Bonchev–Trinajstić information content (AvgIpc) is 2.82.